The normalized spacial score (nSPS) is 15.3. The third-order valence-electron chi connectivity index (χ3n) is 4.46. The van der Waals surface area contributed by atoms with Gasteiger partial charge in [-0.1, -0.05) is 29.8 Å². The summed E-state index contributed by atoms with van der Waals surface area (Å²) in [6.45, 7) is 5.42. The van der Waals surface area contributed by atoms with Crippen molar-refractivity contribution in [2.45, 2.75) is 32.8 Å². The van der Waals surface area contributed by atoms with Crippen molar-refractivity contribution < 1.29 is 9.53 Å². The second-order valence-corrected chi connectivity index (χ2v) is 7.60. The van der Waals surface area contributed by atoms with Crippen LogP contribution in [-0.2, 0) is 0 Å². The Kier molecular flexibility index (Phi) is 5.64. The van der Waals surface area contributed by atoms with Gasteiger partial charge in [-0.2, -0.15) is 0 Å². The fraction of sp³-hybridized carbons (Fsp3) is 0.368. The number of aryl methyl sites for hydroxylation is 2. The molecule has 1 saturated heterocycles. The second-order valence-electron chi connectivity index (χ2n) is 6.32. The molecule has 1 aromatic heterocycles. The van der Waals surface area contributed by atoms with E-state index in [0.717, 1.165) is 34.2 Å². The minimum absolute atomic E-state index is 0.0793. The number of amides is 1. The summed E-state index contributed by atoms with van der Waals surface area (Å²) in [4.78, 5) is 18.5. The molecule has 1 fully saturated rings. The van der Waals surface area contributed by atoms with Crippen molar-refractivity contribution in [3.05, 3.63) is 56.8 Å². The Morgan fingerprint density at radius 2 is 1.92 bits per heavy atom. The van der Waals surface area contributed by atoms with Crippen LogP contribution in [0.15, 0.2) is 34.9 Å². The summed E-state index contributed by atoms with van der Waals surface area (Å²) in [6, 6.07) is 7.87. The molecule has 0 unspecified atom stereocenters. The summed E-state index contributed by atoms with van der Waals surface area (Å²) >= 11 is 9.41. The molecule has 0 N–H and O–H groups in total. The monoisotopic (exact) mass is 422 g/mol. The van der Waals surface area contributed by atoms with Crippen molar-refractivity contribution in [1.29, 1.82) is 0 Å². The zero-order valence-electron chi connectivity index (χ0n) is 14.3. The van der Waals surface area contributed by atoms with Gasteiger partial charge in [0.15, 0.2) is 0 Å². The molecule has 0 aliphatic carbocycles. The van der Waals surface area contributed by atoms with E-state index in [1.807, 2.05) is 11.0 Å². The summed E-state index contributed by atoms with van der Waals surface area (Å²) in [5, 5.41) is 0.238. The number of nitrogens with zero attached hydrogens (tertiary/aromatic N) is 2. The van der Waals surface area contributed by atoms with Gasteiger partial charge in [-0.05, 0) is 47.0 Å². The van der Waals surface area contributed by atoms with Gasteiger partial charge in [0.05, 0.1) is 5.56 Å². The van der Waals surface area contributed by atoms with Gasteiger partial charge in [-0.15, -0.1) is 0 Å². The van der Waals surface area contributed by atoms with Crippen LogP contribution in [0, 0.1) is 13.8 Å². The van der Waals surface area contributed by atoms with Gasteiger partial charge in [0, 0.05) is 36.6 Å². The number of pyridine rings is 1. The first-order chi connectivity index (χ1) is 12.0. The van der Waals surface area contributed by atoms with Crippen LogP contribution in [0.2, 0.25) is 5.15 Å². The lowest BCUT2D eigenvalue weighted by atomic mass is 10.1. The quantitative estimate of drug-likeness (QED) is 0.666. The number of aromatic nitrogens is 1. The highest BCUT2D eigenvalue weighted by atomic mass is 79.9. The minimum atomic E-state index is -0.0793. The van der Waals surface area contributed by atoms with Gasteiger partial charge < -0.3 is 9.64 Å². The molecule has 1 aliphatic heterocycles. The van der Waals surface area contributed by atoms with Crippen molar-refractivity contribution in [2.24, 2.45) is 0 Å². The van der Waals surface area contributed by atoms with E-state index in [-0.39, 0.29) is 17.2 Å². The number of ether oxygens (including phenoxy) is 1. The Balaban J connectivity index is 1.64. The number of rotatable bonds is 3. The third-order valence-corrected chi connectivity index (χ3v) is 5.19. The average Bonchev–Trinajstić information content (AvgIpc) is 2.60. The van der Waals surface area contributed by atoms with E-state index in [0.29, 0.717) is 18.7 Å². The molecular weight excluding hydrogens is 404 g/mol. The number of halogens is 2. The van der Waals surface area contributed by atoms with E-state index in [1.54, 1.807) is 12.3 Å². The Bertz CT molecular complexity index is 769. The van der Waals surface area contributed by atoms with Crippen LogP contribution < -0.4 is 4.74 Å². The van der Waals surface area contributed by atoms with Crippen molar-refractivity contribution in [2.75, 3.05) is 13.1 Å². The lowest BCUT2D eigenvalue weighted by Gasteiger charge is -2.33. The molecule has 6 heteroatoms. The maximum atomic E-state index is 12.7. The van der Waals surface area contributed by atoms with E-state index in [4.69, 9.17) is 16.3 Å². The molecule has 25 heavy (non-hydrogen) atoms. The van der Waals surface area contributed by atoms with Gasteiger partial charge in [-0.25, -0.2) is 4.98 Å². The highest BCUT2D eigenvalue weighted by Crippen LogP contribution is 2.27. The molecule has 0 saturated carbocycles. The lowest BCUT2D eigenvalue weighted by Crippen LogP contribution is -2.42. The summed E-state index contributed by atoms with van der Waals surface area (Å²) < 4.78 is 6.95. The first-order valence-corrected chi connectivity index (χ1v) is 9.46. The molecule has 1 aromatic carbocycles. The molecule has 2 aromatic rings. The van der Waals surface area contributed by atoms with E-state index < -0.39 is 0 Å². The number of hydrogen-bond donors (Lipinski definition) is 0. The number of carbonyl (C=O) groups excluding carboxylic acids is 1. The SMILES string of the molecule is Cc1cccc(C)c1OC1CCN(C(=O)c2cc(Br)cnc2Cl)CC1. The van der Waals surface area contributed by atoms with Gasteiger partial charge in [-0.3, -0.25) is 4.79 Å². The Morgan fingerprint density at radius 3 is 2.56 bits per heavy atom. The predicted molar refractivity (Wildman–Crippen MR) is 102 cm³/mol. The van der Waals surface area contributed by atoms with Crippen molar-refractivity contribution in [1.82, 2.24) is 9.88 Å². The minimum Gasteiger partial charge on any atom is -0.490 e. The van der Waals surface area contributed by atoms with Crippen LogP contribution in [0.5, 0.6) is 5.75 Å². The summed E-state index contributed by atoms with van der Waals surface area (Å²) in [6.07, 6.45) is 3.32. The van der Waals surface area contributed by atoms with Crippen molar-refractivity contribution in [3.63, 3.8) is 0 Å². The van der Waals surface area contributed by atoms with E-state index in [2.05, 4.69) is 46.9 Å². The predicted octanol–water partition coefficient (Wildman–Crippen LogP) is 4.80. The summed E-state index contributed by atoms with van der Waals surface area (Å²) in [5.74, 6) is 0.885. The lowest BCUT2D eigenvalue weighted by molar-refractivity contribution is 0.0593. The van der Waals surface area contributed by atoms with Crippen LogP contribution in [0.4, 0.5) is 0 Å². The van der Waals surface area contributed by atoms with Crippen LogP contribution in [0.3, 0.4) is 0 Å². The second kappa shape index (κ2) is 7.75. The van der Waals surface area contributed by atoms with Gasteiger partial charge in [0.2, 0.25) is 0 Å². The highest BCUT2D eigenvalue weighted by molar-refractivity contribution is 9.10. The van der Waals surface area contributed by atoms with Crippen molar-refractivity contribution >= 4 is 33.4 Å². The number of benzene rings is 1. The molecule has 3 rings (SSSR count). The maximum absolute atomic E-state index is 12.7. The third kappa shape index (κ3) is 4.15. The molecule has 0 radical (unpaired) electrons. The first-order valence-electron chi connectivity index (χ1n) is 8.29. The Labute approximate surface area is 161 Å². The Morgan fingerprint density at radius 1 is 1.28 bits per heavy atom. The van der Waals surface area contributed by atoms with E-state index in [1.165, 1.54) is 0 Å². The van der Waals surface area contributed by atoms with Crippen LogP contribution in [0.1, 0.15) is 34.3 Å². The zero-order valence-corrected chi connectivity index (χ0v) is 16.6. The fourth-order valence-electron chi connectivity index (χ4n) is 3.07. The summed E-state index contributed by atoms with van der Waals surface area (Å²) in [5.41, 5.74) is 2.72. The molecule has 4 nitrogen and oxygen atoms in total. The first kappa shape index (κ1) is 18.2. The number of piperidine rings is 1. The van der Waals surface area contributed by atoms with Gasteiger partial charge in [0.25, 0.3) is 5.91 Å². The van der Waals surface area contributed by atoms with E-state index in [9.17, 15) is 4.79 Å². The zero-order chi connectivity index (χ0) is 18.0. The van der Waals surface area contributed by atoms with Gasteiger partial charge >= 0.3 is 0 Å². The molecule has 0 atom stereocenters. The highest BCUT2D eigenvalue weighted by Gasteiger charge is 2.26. The summed E-state index contributed by atoms with van der Waals surface area (Å²) in [7, 11) is 0. The number of para-hydroxylation sites is 1. The molecule has 0 spiro atoms. The maximum Gasteiger partial charge on any atom is 0.257 e. The largest absolute Gasteiger partial charge is 0.490 e. The van der Waals surface area contributed by atoms with Crippen LogP contribution >= 0.6 is 27.5 Å². The molecule has 0 bridgehead atoms. The topological polar surface area (TPSA) is 42.4 Å². The average molecular weight is 424 g/mol. The molecule has 1 amide bonds. The molecular formula is C19H20BrClN2O2. The Hall–Kier alpha value is -1.59. The standard InChI is InChI=1S/C19H20BrClN2O2/c1-12-4-3-5-13(2)17(12)25-15-6-8-23(9-7-15)19(24)16-10-14(20)11-22-18(16)21/h3-5,10-11,15H,6-9H2,1-2H3. The fourth-order valence-corrected chi connectivity index (χ4v) is 3.59. The van der Waals surface area contributed by atoms with Crippen LogP contribution in [0.25, 0.3) is 0 Å². The van der Waals surface area contributed by atoms with E-state index >= 15 is 0 Å². The smallest absolute Gasteiger partial charge is 0.257 e. The number of hydrogen-bond acceptors (Lipinski definition) is 3. The van der Waals surface area contributed by atoms with Crippen molar-refractivity contribution in [3.8, 4) is 5.75 Å². The molecule has 132 valence electrons. The van der Waals surface area contributed by atoms with Gasteiger partial charge in [0.1, 0.15) is 17.0 Å². The number of carbonyl (C=O) groups is 1. The molecule has 1 aliphatic rings. The molecule has 2 heterocycles. The number of likely N-dealkylation sites (tertiary alicyclic amines) is 1. The van der Waals surface area contributed by atoms with Crippen LogP contribution in [-0.4, -0.2) is 35.0 Å².